The summed E-state index contributed by atoms with van der Waals surface area (Å²) in [6, 6.07) is 14.3. The smallest absolute Gasteiger partial charge is 0.303 e. The molecule has 132 valence electrons. The first-order valence-electron chi connectivity index (χ1n) is 8.71. The van der Waals surface area contributed by atoms with Gasteiger partial charge in [0.2, 0.25) is 0 Å². The van der Waals surface area contributed by atoms with Crippen molar-refractivity contribution < 1.29 is 19.8 Å². The van der Waals surface area contributed by atoms with Gasteiger partial charge in [0, 0.05) is 6.04 Å². The van der Waals surface area contributed by atoms with Gasteiger partial charge in [0.05, 0.1) is 12.8 Å². The first-order valence-corrected chi connectivity index (χ1v) is 8.71. The van der Waals surface area contributed by atoms with E-state index in [-0.39, 0.29) is 12.8 Å². The van der Waals surface area contributed by atoms with Gasteiger partial charge in [-0.15, -0.1) is 0 Å². The van der Waals surface area contributed by atoms with Crippen LogP contribution in [0.5, 0.6) is 0 Å². The minimum Gasteiger partial charge on any atom is -0.481 e. The predicted octanol–water partition coefficient (Wildman–Crippen LogP) is 2.95. The molecule has 4 rings (SSSR count). The maximum Gasteiger partial charge on any atom is 0.303 e. The molecule has 0 bridgehead atoms. The average Bonchev–Trinajstić information content (AvgIpc) is 2.52. The van der Waals surface area contributed by atoms with Gasteiger partial charge < -0.3 is 10.2 Å². The van der Waals surface area contributed by atoms with Crippen LogP contribution in [0.25, 0.3) is 10.8 Å². The molecule has 0 spiro atoms. The van der Waals surface area contributed by atoms with E-state index >= 15 is 0 Å². The second kappa shape index (κ2) is 7.66. The monoisotopic (exact) mass is 341 g/mol. The van der Waals surface area contributed by atoms with E-state index in [9.17, 15) is 9.59 Å². The van der Waals surface area contributed by atoms with Crippen molar-refractivity contribution in [3.05, 3.63) is 47.5 Å². The highest BCUT2D eigenvalue weighted by Gasteiger charge is 2.28. The number of aliphatic carboxylic acids is 2. The molecule has 2 aromatic rings. The molecule has 0 radical (unpaired) electrons. The van der Waals surface area contributed by atoms with Crippen molar-refractivity contribution in [3.63, 3.8) is 0 Å². The van der Waals surface area contributed by atoms with Gasteiger partial charge in [-0.05, 0) is 54.3 Å². The second-order valence-electron chi connectivity index (χ2n) is 6.67. The van der Waals surface area contributed by atoms with Crippen LogP contribution in [-0.4, -0.2) is 46.2 Å². The third-order valence-corrected chi connectivity index (χ3v) is 4.95. The van der Waals surface area contributed by atoms with Gasteiger partial charge in [0.25, 0.3) is 0 Å². The normalized spacial score (nSPS) is 16.6. The molecular weight excluding hydrogens is 318 g/mol. The fourth-order valence-electron chi connectivity index (χ4n) is 3.60. The van der Waals surface area contributed by atoms with Crippen LogP contribution in [0.1, 0.15) is 30.4 Å². The molecule has 1 aliphatic heterocycles. The summed E-state index contributed by atoms with van der Waals surface area (Å²) in [5.41, 5.74) is 3.11. The van der Waals surface area contributed by atoms with E-state index in [0.717, 1.165) is 6.04 Å². The Balaban J connectivity index is 0.000000197. The number of hydrogen-bond acceptors (Lipinski definition) is 3. The van der Waals surface area contributed by atoms with Crippen LogP contribution >= 0.6 is 0 Å². The summed E-state index contributed by atoms with van der Waals surface area (Å²) in [6.07, 6.45) is 3.29. The molecule has 2 N–H and O–H groups in total. The van der Waals surface area contributed by atoms with E-state index in [4.69, 9.17) is 10.2 Å². The first-order chi connectivity index (χ1) is 12.0. The van der Waals surface area contributed by atoms with Crippen molar-refractivity contribution in [2.75, 3.05) is 13.1 Å². The van der Waals surface area contributed by atoms with E-state index < -0.39 is 11.9 Å². The van der Waals surface area contributed by atoms with Gasteiger partial charge in [0.15, 0.2) is 0 Å². The maximum atomic E-state index is 9.64. The standard InChI is InChI=1S/C16H17N.C4H6O4/c1-4-12-5-2-7-14-11-15(17-8-3-9-17)10-13(6-1)16(12)14;5-3(6)1-2-4(7)8/h1-2,4-7,15H,3,8-11H2;1-2H2,(H,5,6)(H,7,8). The lowest BCUT2D eigenvalue weighted by Gasteiger charge is -2.40. The van der Waals surface area contributed by atoms with Crippen LogP contribution in [0.15, 0.2) is 36.4 Å². The molecule has 0 aromatic heterocycles. The number of carboxylic acids is 2. The zero-order chi connectivity index (χ0) is 17.8. The Labute approximate surface area is 146 Å². The van der Waals surface area contributed by atoms with E-state index in [1.165, 1.54) is 43.1 Å². The van der Waals surface area contributed by atoms with E-state index in [1.54, 1.807) is 11.1 Å². The summed E-state index contributed by atoms with van der Waals surface area (Å²) in [5, 5.41) is 18.8. The zero-order valence-corrected chi connectivity index (χ0v) is 14.1. The zero-order valence-electron chi connectivity index (χ0n) is 14.1. The molecule has 5 heteroatoms. The van der Waals surface area contributed by atoms with Crippen molar-refractivity contribution in [3.8, 4) is 0 Å². The minimum absolute atomic E-state index is 0.296. The maximum absolute atomic E-state index is 9.64. The molecule has 25 heavy (non-hydrogen) atoms. The molecule has 1 aliphatic carbocycles. The molecule has 1 fully saturated rings. The quantitative estimate of drug-likeness (QED) is 0.894. The largest absolute Gasteiger partial charge is 0.481 e. The summed E-state index contributed by atoms with van der Waals surface area (Å²) < 4.78 is 0. The second-order valence-corrected chi connectivity index (χ2v) is 6.67. The van der Waals surface area contributed by atoms with Crippen molar-refractivity contribution in [1.29, 1.82) is 0 Å². The van der Waals surface area contributed by atoms with Gasteiger partial charge in [-0.2, -0.15) is 0 Å². The summed E-state index contributed by atoms with van der Waals surface area (Å²) in [5.74, 6) is -2.15. The SMILES string of the molecule is O=C(O)CCC(=O)O.c1cc2c3c(cccc3c1)CC(N1CCC1)C2. The molecule has 2 aliphatic rings. The average molecular weight is 341 g/mol. The molecule has 1 saturated heterocycles. The first kappa shape index (κ1) is 17.4. The highest BCUT2D eigenvalue weighted by atomic mass is 16.4. The lowest BCUT2D eigenvalue weighted by molar-refractivity contribution is -0.143. The Morgan fingerprint density at radius 1 is 0.920 bits per heavy atom. The highest BCUT2D eigenvalue weighted by molar-refractivity contribution is 5.89. The number of benzene rings is 2. The summed E-state index contributed by atoms with van der Waals surface area (Å²) in [6.45, 7) is 2.62. The molecule has 0 atom stereocenters. The minimum atomic E-state index is -1.08. The summed E-state index contributed by atoms with van der Waals surface area (Å²) >= 11 is 0. The van der Waals surface area contributed by atoms with Gasteiger partial charge in [-0.1, -0.05) is 36.4 Å². The van der Waals surface area contributed by atoms with Gasteiger partial charge in [0.1, 0.15) is 0 Å². The van der Waals surface area contributed by atoms with Crippen molar-refractivity contribution in [2.24, 2.45) is 0 Å². The van der Waals surface area contributed by atoms with Crippen LogP contribution < -0.4 is 0 Å². The van der Waals surface area contributed by atoms with E-state index in [2.05, 4.69) is 41.3 Å². The Hall–Kier alpha value is -2.40. The van der Waals surface area contributed by atoms with E-state index in [1.807, 2.05) is 0 Å². The Kier molecular flexibility index (Phi) is 5.34. The molecule has 2 aromatic carbocycles. The number of likely N-dealkylation sites (tertiary alicyclic amines) is 1. The molecule has 5 nitrogen and oxygen atoms in total. The Morgan fingerprint density at radius 3 is 1.84 bits per heavy atom. The third-order valence-electron chi connectivity index (χ3n) is 4.95. The number of carbonyl (C=O) groups is 2. The van der Waals surface area contributed by atoms with Crippen LogP contribution in [0.3, 0.4) is 0 Å². The van der Waals surface area contributed by atoms with Gasteiger partial charge in [-0.3, -0.25) is 14.5 Å². The number of rotatable bonds is 4. The summed E-state index contributed by atoms with van der Waals surface area (Å²) in [4.78, 5) is 21.9. The van der Waals surface area contributed by atoms with Gasteiger partial charge >= 0.3 is 11.9 Å². The van der Waals surface area contributed by atoms with E-state index in [0.29, 0.717) is 0 Å². The Morgan fingerprint density at radius 2 is 1.44 bits per heavy atom. The number of nitrogens with zero attached hydrogens (tertiary/aromatic N) is 1. The van der Waals surface area contributed by atoms with Crippen LogP contribution in [0, 0.1) is 0 Å². The molecule has 0 amide bonds. The molecule has 0 saturated carbocycles. The van der Waals surface area contributed by atoms with Crippen LogP contribution in [0.2, 0.25) is 0 Å². The van der Waals surface area contributed by atoms with Crippen molar-refractivity contribution in [1.82, 2.24) is 4.90 Å². The fourth-order valence-corrected chi connectivity index (χ4v) is 3.60. The Bertz CT molecular complexity index is 728. The lowest BCUT2D eigenvalue weighted by Crippen LogP contribution is -2.48. The summed E-state index contributed by atoms with van der Waals surface area (Å²) in [7, 11) is 0. The number of hydrogen-bond donors (Lipinski definition) is 2. The topological polar surface area (TPSA) is 77.8 Å². The molecule has 0 unspecified atom stereocenters. The van der Waals surface area contributed by atoms with Crippen molar-refractivity contribution in [2.45, 2.75) is 38.1 Å². The highest BCUT2D eigenvalue weighted by Crippen LogP contribution is 2.32. The fraction of sp³-hybridized carbons (Fsp3) is 0.400. The lowest BCUT2D eigenvalue weighted by atomic mass is 9.84. The third kappa shape index (κ3) is 4.17. The molecule has 1 heterocycles. The number of carboxylic acid groups (broad SMARTS) is 2. The van der Waals surface area contributed by atoms with Crippen LogP contribution in [-0.2, 0) is 22.4 Å². The van der Waals surface area contributed by atoms with Crippen LogP contribution in [0.4, 0.5) is 0 Å². The van der Waals surface area contributed by atoms with Crippen molar-refractivity contribution >= 4 is 22.7 Å². The predicted molar refractivity (Wildman–Crippen MR) is 95.8 cm³/mol. The molecular formula is C20H23NO4. The van der Waals surface area contributed by atoms with Gasteiger partial charge in [-0.25, -0.2) is 0 Å².